The van der Waals surface area contributed by atoms with Crippen LogP contribution in [0.3, 0.4) is 0 Å². The fraction of sp³-hybridized carbons (Fsp3) is 0.375. The molecular formula is C16H17F3N2O2. The number of halogens is 3. The van der Waals surface area contributed by atoms with Crippen LogP contribution in [0.15, 0.2) is 30.3 Å². The Labute approximate surface area is 131 Å². The molecule has 0 aliphatic rings. The molecule has 7 heteroatoms. The molecule has 0 aliphatic carbocycles. The molecule has 0 aliphatic heterocycles. The lowest BCUT2D eigenvalue weighted by Crippen LogP contribution is -2.14. The minimum Gasteiger partial charge on any atom is -0.477 e. The zero-order valence-electron chi connectivity index (χ0n) is 13.0. The van der Waals surface area contributed by atoms with Gasteiger partial charge in [-0.05, 0) is 23.8 Å². The maximum atomic E-state index is 12.8. The van der Waals surface area contributed by atoms with E-state index in [0.29, 0.717) is 11.3 Å². The Balaban J connectivity index is 2.40. The minimum atomic E-state index is -4.44. The van der Waals surface area contributed by atoms with Crippen LogP contribution >= 0.6 is 0 Å². The van der Waals surface area contributed by atoms with Gasteiger partial charge in [-0.3, -0.25) is 4.68 Å². The molecule has 0 saturated carbocycles. The van der Waals surface area contributed by atoms with E-state index in [4.69, 9.17) is 0 Å². The lowest BCUT2D eigenvalue weighted by molar-refractivity contribution is -0.137. The summed E-state index contributed by atoms with van der Waals surface area (Å²) in [6.45, 7) is 5.61. The predicted octanol–water partition coefficient (Wildman–Crippen LogP) is 3.95. The molecule has 0 unspecified atom stereocenters. The van der Waals surface area contributed by atoms with E-state index in [0.717, 1.165) is 12.1 Å². The normalized spacial score (nSPS) is 12.4. The molecule has 0 fully saturated rings. The van der Waals surface area contributed by atoms with E-state index in [1.807, 2.05) is 20.8 Å². The number of carbonyl (C=O) groups is 1. The molecule has 0 bridgehead atoms. The lowest BCUT2D eigenvalue weighted by atomic mass is 9.92. The molecule has 1 aromatic carbocycles. The Morgan fingerprint density at radius 1 is 1.22 bits per heavy atom. The highest BCUT2D eigenvalue weighted by Crippen LogP contribution is 2.30. The van der Waals surface area contributed by atoms with Crippen molar-refractivity contribution in [1.82, 2.24) is 9.78 Å². The molecule has 0 atom stereocenters. The van der Waals surface area contributed by atoms with E-state index >= 15 is 0 Å². The van der Waals surface area contributed by atoms with E-state index in [9.17, 15) is 23.1 Å². The van der Waals surface area contributed by atoms with E-state index in [1.54, 1.807) is 0 Å². The van der Waals surface area contributed by atoms with E-state index in [1.165, 1.54) is 22.9 Å². The third-order valence-corrected chi connectivity index (χ3v) is 3.35. The van der Waals surface area contributed by atoms with Crippen LogP contribution in [0.1, 0.15) is 48.1 Å². The molecule has 0 amide bonds. The SMILES string of the molecule is CC(C)(C)c1cc(C(=O)O)n(Cc2cccc(C(F)(F)F)c2)n1. The zero-order chi connectivity index (χ0) is 17.4. The first-order chi connectivity index (χ1) is 10.5. The van der Waals surface area contributed by atoms with Crippen molar-refractivity contribution in [2.45, 2.75) is 38.9 Å². The summed E-state index contributed by atoms with van der Waals surface area (Å²) in [5.74, 6) is -1.17. The van der Waals surface area contributed by atoms with Crippen LogP contribution in [-0.4, -0.2) is 20.9 Å². The van der Waals surface area contributed by atoms with Crippen LogP contribution in [0, 0.1) is 0 Å². The average Bonchev–Trinajstić information content (AvgIpc) is 2.82. The molecule has 2 aromatic rings. The number of alkyl halides is 3. The van der Waals surface area contributed by atoms with Gasteiger partial charge in [0.15, 0.2) is 0 Å². The Morgan fingerprint density at radius 2 is 1.87 bits per heavy atom. The Morgan fingerprint density at radius 3 is 2.39 bits per heavy atom. The minimum absolute atomic E-state index is 0.0400. The number of carboxylic acid groups (broad SMARTS) is 1. The van der Waals surface area contributed by atoms with Gasteiger partial charge in [-0.15, -0.1) is 0 Å². The monoisotopic (exact) mass is 326 g/mol. The van der Waals surface area contributed by atoms with Gasteiger partial charge < -0.3 is 5.11 Å². The second kappa shape index (κ2) is 5.72. The summed E-state index contributed by atoms with van der Waals surface area (Å²) in [5.41, 5.74) is -0.265. The number of hydrogen-bond acceptors (Lipinski definition) is 2. The van der Waals surface area contributed by atoms with Crippen molar-refractivity contribution in [2.75, 3.05) is 0 Å². The molecule has 1 N–H and O–H groups in total. The van der Waals surface area contributed by atoms with E-state index in [-0.39, 0.29) is 17.7 Å². The van der Waals surface area contributed by atoms with Gasteiger partial charge in [0, 0.05) is 5.41 Å². The van der Waals surface area contributed by atoms with Crippen molar-refractivity contribution in [3.05, 3.63) is 52.8 Å². The molecule has 1 aromatic heterocycles. The van der Waals surface area contributed by atoms with Gasteiger partial charge >= 0.3 is 12.1 Å². The zero-order valence-corrected chi connectivity index (χ0v) is 13.0. The molecule has 0 saturated heterocycles. The molecule has 2 rings (SSSR count). The second-order valence-electron chi connectivity index (χ2n) is 6.33. The molecule has 1 heterocycles. The fourth-order valence-corrected chi connectivity index (χ4v) is 2.09. The third-order valence-electron chi connectivity index (χ3n) is 3.35. The molecule has 4 nitrogen and oxygen atoms in total. The molecular weight excluding hydrogens is 309 g/mol. The summed E-state index contributed by atoms with van der Waals surface area (Å²) in [7, 11) is 0. The van der Waals surface area contributed by atoms with Crippen molar-refractivity contribution in [2.24, 2.45) is 0 Å². The van der Waals surface area contributed by atoms with Crippen LogP contribution in [0.5, 0.6) is 0 Å². The van der Waals surface area contributed by atoms with Gasteiger partial charge in [-0.1, -0.05) is 32.9 Å². The Bertz CT molecular complexity index is 728. The number of rotatable bonds is 3. The first kappa shape index (κ1) is 17.1. The maximum absolute atomic E-state index is 12.8. The summed E-state index contributed by atoms with van der Waals surface area (Å²) >= 11 is 0. The highest BCUT2D eigenvalue weighted by Gasteiger charge is 2.30. The van der Waals surface area contributed by atoms with Crippen LogP contribution in [0.4, 0.5) is 13.2 Å². The quantitative estimate of drug-likeness (QED) is 0.929. The van der Waals surface area contributed by atoms with Gasteiger partial charge in [-0.25, -0.2) is 4.79 Å². The number of nitrogens with zero attached hydrogens (tertiary/aromatic N) is 2. The fourth-order valence-electron chi connectivity index (χ4n) is 2.09. The second-order valence-corrected chi connectivity index (χ2v) is 6.33. The lowest BCUT2D eigenvalue weighted by Gasteiger charge is -2.14. The van der Waals surface area contributed by atoms with Crippen molar-refractivity contribution in [3.8, 4) is 0 Å². The summed E-state index contributed by atoms with van der Waals surface area (Å²) in [6.07, 6.45) is -4.44. The molecule has 0 radical (unpaired) electrons. The third kappa shape index (κ3) is 3.91. The van der Waals surface area contributed by atoms with Gasteiger partial charge in [0.05, 0.1) is 17.8 Å². The first-order valence-electron chi connectivity index (χ1n) is 6.96. The Hall–Kier alpha value is -2.31. The maximum Gasteiger partial charge on any atom is 0.416 e. The highest BCUT2D eigenvalue weighted by molar-refractivity contribution is 5.85. The van der Waals surface area contributed by atoms with Crippen LogP contribution < -0.4 is 0 Å². The van der Waals surface area contributed by atoms with Crippen molar-refractivity contribution >= 4 is 5.97 Å². The summed E-state index contributed by atoms with van der Waals surface area (Å²) in [4.78, 5) is 11.3. The van der Waals surface area contributed by atoms with Crippen LogP contribution in [0.2, 0.25) is 0 Å². The summed E-state index contributed by atoms with van der Waals surface area (Å²) < 4.78 is 39.5. The standard InChI is InChI=1S/C16H17F3N2O2/c1-15(2,3)13-8-12(14(22)23)21(20-13)9-10-5-4-6-11(7-10)16(17,18)19/h4-8H,9H2,1-3H3,(H,22,23). The van der Waals surface area contributed by atoms with Gasteiger partial charge in [-0.2, -0.15) is 18.3 Å². The van der Waals surface area contributed by atoms with E-state index in [2.05, 4.69) is 5.10 Å². The van der Waals surface area contributed by atoms with Gasteiger partial charge in [0.1, 0.15) is 5.69 Å². The summed E-state index contributed by atoms with van der Waals surface area (Å²) in [6, 6.07) is 6.25. The number of benzene rings is 1. The molecule has 124 valence electrons. The number of aromatic nitrogens is 2. The number of hydrogen-bond donors (Lipinski definition) is 1. The smallest absolute Gasteiger partial charge is 0.416 e. The Kier molecular flexibility index (Phi) is 4.24. The topological polar surface area (TPSA) is 55.1 Å². The van der Waals surface area contributed by atoms with Crippen molar-refractivity contribution in [1.29, 1.82) is 0 Å². The molecule has 0 spiro atoms. The van der Waals surface area contributed by atoms with Gasteiger partial charge in [0.25, 0.3) is 0 Å². The largest absolute Gasteiger partial charge is 0.477 e. The predicted molar refractivity (Wildman–Crippen MR) is 78.4 cm³/mol. The summed E-state index contributed by atoms with van der Waals surface area (Å²) in [5, 5.41) is 13.5. The van der Waals surface area contributed by atoms with Gasteiger partial charge in [0.2, 0.25) is 0 Å². The molecule has 23 heavy (non-hydrogen) atoms. The van der Waals surface area contributed by atoms with Crippen molar-refractivity contribution in [3.63, 3.8) is 0 Å². The first-order valence-corrected chi connectivity index (χ1v) is 6.96. The number of carboxylic acids is 1. The van der Waals surface area contributed by atoms with Crippen LogP contribution in [-0.2, 0) is 18.1 Å². The van der Waals surface area contributed by atoms with Crippen LogP contribution in [0.25, 0.3) is 0 Å². The highest BCUT2D eigenvalue weighted by atomic mass is 19.4. The van der Waals surface area contributed by atoms with Crippen molar-refractivity contribution < 1.29 is 23.1 Å². The van der Waals surface area contributed by atoms with E-state index < -0.39 is 17.7 Å². The average molecular weight is 326 g/mol. The number of aromatic carboxylic acids is 1.